The van der Waals surface area contributed by atoms with Crippen LogP contribution in [-0.4, -0.2) is 70.7 Å². The number of benzene rings is 1. The minimum atomic E-state index is -3.96. The van der Waals surface area contributed by atoms with Crippen LogP contribution in [0, 0.1) is 11.6 Å². The molecule has 1 aromatic carbocycles. The number of amides is 1. The molecule has 14 heteroatoms. The van der Waals surface area contributed by atoms with Crippen LogP contribution in [0.2, 0.25) is 5.02 Å². The third-order valence-corrected chi connectivity index (χ3v) is 9.73. The zero-order chi connectivity index (χ0) is 32.2. The first kappa shape index (κ1) is 30.8. The van der Waals surface area contributed by atoms with Gasteiger partial charge in [0.25, 0.3) is 0 Å². The number of hydrogen-bond acceptors (Lipinski definition) is 8. The van der Waals surface area contributed by atoms with Crippen molar-refractivity contribution in [1.82, 2.24) is 24.4 Å². The third kappa shape index (κ3) is 5.48. The molecule has 3 aromatic heterocycles. The van der Waals surface area contributed by atoms with Crippen molar-refractivity contribution in [1.29, 1.82) is 0 Å². The van der Waals surface area contributed by atoms with Gasteiger partial charge < -0.3 is 9.80 Å². The zero-order valence-electron chi connectivity index (χ0n) is 24.5. The van der Waals surface area contributed by atoms with Crippen molar-refractivity contribution >= 4 is 44.2 Å². The molecule has 2 fully saturated rings. The van der Waals surface area contributed by atoms with Crippen LogP contribution in [0.3, 0.4) is 0 Å². The molecule has 0 spiro atoms. The largest absolute Gasteiger partial charge is 0.355 e. The van der Waals surface area contributed by atoms with Gasteiger partial charge in [-0.1, -0.05) is 24.6 Å². The van der Waals surface area contributed by atoms with Crippen molar-refractivity contribution in [2.75, 3.05) is 30.8 Å². The van der Waals surface area contributed by atoms with Crippen LogP contribution in [0.5, 0.6) is 0 Å². The highest BCUT2D eigenvalue weighted by atomic mass is 35.5. The highest BCUT2D eigenvalue weighted by molar-refractivity contribution is 7.90. The minimum Gasteiger partial charge on any atom is -0.350 e. The summed E-state index contributed by atoms with van der Waals surface area (Å²) in [4.78, 5) is 43.0. The van der Waals surface area contributed by atoms with Gasteiger partial charge in [0.05, 0.1) is 16.1 Å². The fourth-order valence-corrected chi connectivity index (χ4v) is 7.06. The number of carbonyl (C=O) groups excluding carboxylic acids is 1. The number of anilines is 1. The summed E-state index contributed by atoms with van der Waals surface area (Å²) >= 11 is 6.31. The molecule has 10 nitrogen and oxygen atoms in total. The van der Waals surface area contributed by atoms with Gasteiger partial charge in [-0.25, -0.2) is 36.5 Å². The molecule has 234 valence electrons. The van der Waals surface area contributed by atoms with Crippen LogP contribution in [0.15, 0.2) is 59.0 Å². The Kier molecular flexibility index (Phi) is 7.94. The summed E-state index contributed by atoms with van der Waals surface area (Å²) < 4.78 is 57.1. The Labute approximate surface area is 262 Å². The number of piperazine rings is 1. The summed E-state index contributed by atoms with van der Waals surface area (Å²) in [5.41, 5.74) is -0.494. The van der Waals surface area contributed by atoms with Gasteiger partial charge in [0.15, 0.2) is 20.5 Å². The van der Waals surface area contributed by atoms with E-state index in [1.807, 2.05) is 6.92 Å². The van der Waals surface area contributed by atoms with Crippen molar-refractivity contribution in [3.05, 3.63) is 81.9 Å². The number of carbonyl (C=O) groups is 1. The van der Waals surface area contributed by atoms with E-state index in [1.54, 1.807) is 15.9 Å². The summed E-state index contributed by atoms with van der Waals surface area (Å²) in [6, 6.07) is 5.93. The molecule has 0 N–H and O–H groups in total. The first-order valence-corrected chi connectivity index (χ1v) is 16.6. The number of rotatable bonds is 6. The number of nitrogens with zero attached hydrogens (tertiary/aromatic N) is 6. The second-order valence-electron chi connectivity index (χ2n) is 11.4. The number of pyridine rings is 2. The molecule has 1 aliphatic heterocycles. The fourth-order valence-electron chi connectivity index (χ4n) is 5.99. The Hall–Kier alpha value is -4.23. The average molecular weight is 655 g/mol. The SMILES string of the molecule is C=CC(=O)N1CCN(c2nc(=O)n(-c3c(C4CCC4)ccnc3S(C)(=O)=O)c3nc(-c4ccc(F)cc4Cl)c(F)cc23)[C@@H](C)C1. The van der Waals surface area contributed by atoms with Crippen LogP contribution in [0.1, 0.15) is 37.7 Å². The van der Waals surface area contributed by atoms with E-state index < -0.39 is 27.2 Å². The maximum atomic E-state index is 16.0. The van der Waals surface area contributed by atoms with E-state index in [2.05, 4.69) is 21.5 Å². The van der Waals surface area contributed by atoms with Crippen molar-refractivity contribution < 1.29 is 22.0 Å². The Morgan fingerprint density at radius 2 is 1.89 bits per heavy atom. The molecule has 45 heavy (non-hydrogen) atoms. The van der Waals surface area contributed by atoms with E-state index in [1.165, 1.54) is 24.4 Å². The summed E-state index contributed by atoms with van der Waals surface area (Å²) in [6.45, 7) is 6.26. The lowest BCUT2D eigenvalue weighted by atomic mass is 9.79. The maximum Gasteiger partial charge on any atom is 0.355 e. The third-order valence-electron chi connectivity index (χ3n) is 8.42. The van der Waals surface area contributed by atoms with Gasteiger partial charge in [0.2, 0.25) is 5.91 Å². The molecule has 0 bridgehead atoms. The molecule has 2 aliphatic rings. The van der Waals surface area contributed by atoms with Gasteiger partial charge in [-0.3, -0.25) is 4.79 Å². The average Bonchev–Trinajstić information content (AvgIpc) is 2.95. The lowest BCUT2D eigenvalue weighted by Gasteiger charge is -2.40. The summed E-state index contributed by atoms with van der Waals surface area (Å²) in [6.07, 6.45) is 6.12. The second-order valence-corrected chi connectivity index (χ2v) is 13.7. The van der Waals surface area contributed by atoms with E-state index in [9.17, 15) is 22.4 Å². The predicted molar refractivity (Wildman–Crippen MR) is 167 cm³/mol. The molecule has 4 aromatic rings. The monoisotopic (exact) mass is 654 g/mol. The first-order chi connectivity index (χ1) is 21.4. The summed E-state index contributed by atoms with van der Waals surface area (Å²) in [5, 5.41) is -0.302. The lowest BCUT2D eigenvalue weighted by molar-refractivity contribution is -0.126. The van der Waals surface area contributed by atoms with E-state index >= 15 is 4.39 Å². The van der Waals surface area contributed by atoms with Crippen LogP contribution < -0.4 is 10.6 Å². The molecular formula is C31H29ClF2N6O4S. The quantitative estimate of drug-likeness (QED) is 0.276. The lowest BCUT2D eigenvalue weighted by Crippen LogP contribution is -2.54. The van der Waals surface area contributed by atoms with Crippen molar-refractivity contribution in [2.45, 2.75) is 43.2 Å². The number of aromatic nitrogens is 4. The number of fused-ring (bicyclic) bond motifs is 1. The van der Waals surface area contributed by atoms with Gasteiger partial charge in [0, 0.05) is 43.7 Å². The van der Waals surface area contributed by atoms with E-state index in [-0.39, 0.29) is 68.3 Å². The molecule has 0 unspecified atom stereocenters. The summed E-state index contributed by atoms with van der Waals surface area (Å²) in [5.74, 6) is -1.59. The van der Waals surface area contributed by atoms with Crippen molar-refractivity contribution in [3.8, 4) is 16.9 Å². The molecule has 1 saturated carbocycles. The molecule has 1 saturated heterocycles. The molecular weight excluding hydrogens is 626 g/mol. The van der Waals surface area contributed by atoms with Gasteiger partial charge in [0.1, 0.15) is 23.1 Å². The molecule has 1 atom stereocenters. The predicted octanol–water partition coefficient (Wildman–Crippen LogP) is 4.67. The fraction of sp³-hybridized carbons (Fsp3) is 0.323. The van der Waals surface area contributed by atoms with Gasteiger partial charge in [-0.15, -0.1) is 0 Å². The Morgan fingerprint density at radius 1 is 1.13 bits per heavy atom. The summed E-state index contributed by atoms with van der Waals surface area (Å²) in [7, 11) is -3.96. The molecule has 4 heterocycles. The smallest absolute Gasteiger partial charge is 0.350 e. The van der Waals surface area contributed by atoms with Crippen LogP contribution in [0.4, 0.5) is 14.6 Å². The highest BCUT2D eigenvalue weighted by Gasteiger charge is 2.33. The Morgan fingerprint density at radius 3 is 2.51 bits per heavy atom. The van der Waals surface area contributed by atoms with Crippen LogP contribution in [-0.2, 0) is 14.6 Å². The molecule has 6 rings (SSSR count). The first-order valence-electron chi connectivity index (χ1n) is 14.3. The van der Waals surface area contributed by atoms with Crippen LogP contribution in [0.25, 0.3) is 28.0 Å². The normalized spacial score (nSPS) is 17.4. The molecule has 0 radical (unpaired) electrons. The van der Waals surface area contributed by atoms with E-state index in [0.29, 0.717) is 18.7 Å². The van der Waals surface area contributed by atoms with Gasteiger partial charge in [-0.05, 0) is 67.7 Å². The Balaban J connectivity index is 1.67. The van der Waals surface area contributed by atoms with Gasteiger partial charge >= 0.3 is 5.69 Å². The standard InChI is InChI=1S/C31H29ClF2N6O4S/c1-4-25(41)38-12-13-39(17(2)16-38)28-22-15-24(34)26(21-9-8-19(33)14-23(21)32)36-29(22)40(31(42)37-28)27-20(18-6-5-7-18)10-11-35-30(27)45(3,43)44/h4,8-11,14-15,17-18H,1,5-7,12-13,16H2,2-3H3/t17-/m0/s1. The molecule has 1 aliphatic carbocycles. The second kappa shape index (κ2) is 11.6. The number of sulfone groups is 1. The highest BCUT2D eigenvalue weighted by Crippen LogP contribution is 2.41. The molecule has 1 amide bonds. The Bertz CT molecular complexity index is 2050. The van der Waals surface area contributed by atoms with E-state index in [0.717, 1.165) is 42.2 Å². The zero-order valence-corrected chi connectivity index (χ0v) is 26.1. The van der Waals surface area contributed by atoms with Crippen molar-refractivity contribution in [2.24, 2.45) is 0 Å². The maximum absolute atomic E-state index is 16.0. The topological polar surface area (TPSA) is 118 Å². The van der Waals surface area contributed by atoms with Crippen LogP contribution >= 0.6 is 11.6 Å². The number of halogens is 3. The van der Waals surface area contributed by atoms with Crippen molar-refractivity contribution in [3.63, 3.8) is 0 Å². The van der Waals surface area contributed by atoms with Gasteiger partial charge in [-0.2, -0.15) is 4.98 Å². The van der Waals surface area contributed by atoms with E-state index in [4.69, 9.17) is 11.6 Å². The minimum absolute atomic E-state index is 0.0171. The number of hydrogen-bond donors (Lipinski definition) is 0.